The number of rotatable bonds is 4. The molecule has 2 nitrogen and oxygen atoms in total. The Balaban J connectivity index is 2.10. The predicted molar refractivity (Wildman–Crippen MR) is 57.2 cm³/mol. The van der Waals surface area contributed by atoms with Crippen LogP contribution in [0.4, 0.5) is 0 Å². The molecule has 3 unspecified atom stereocenters. The Labute approximate surface area is 85.0 Å². The average Bonchev–Trinajstić information content (AvgIpc) is 2.15. The third-order valence-electron chi connectivity index (χ3n) is 2.50. The number of thioether (sulfide) groups is 1. The quantitative estimate of drug-likeness (QED) is 0.760. The monoisotopic (exact) mass is 204 g/mol. The summed E-state index contributed by atoms with van der Waals surface area (Å²) in [6.45, 7) is 4.84. The zero-order chi connectivity index (χ0) is 9.68. The summed E-state index contributed by atoms with van der Waals surface area (Å²) in [5.41, 5.74) is 0. The molecular weight excluding hydrogens is 184 g/mol. The van der Waals surface area contributed by atoms with Gasteiger partial charge in [0.2, 0.25) is 0 Å². The standard InChI is InChI=1S/C10H20O2S/c1-8(11)9(2)13-7-10-5-3-4-6-12-10/h8-11H,3-7H2,1-2H3. The summed E-state index contributed by atoms with van der Waals surface area (Å²) in [7, 11) is 0. The van der Waals surface area contributed by atoms with Crippen molar-refractivity contribution in [3.8, 4) is 0 Å². The SMILES string of the molecule is CC(O)C(C)SCC1CCCCO1. The van der Waals surface area contributed by atoms with Crippen LogP contribution in [0.3, 0.4) is 0 Å². The number of ether oxygens (including phenoxy) is 1. The van der Waals surface area contributed by atoms with Gasteiger partial charge in [-0.2, -0.15) is 11.8 Å². The minimum atomic E-state index is -0.214. The van der Waals surface area contributed by atoms with Crippen molar-refractivity contribution in [3.05, 3.63) is 0 Å². The maximum Gasteiger partial charge on any atom is 0.0665 e. The first kappa shape index (κ1) is 11.3. The molecule has 3 heteroatoms. The van der Waals surface area contributed by atoms with Crippen LogP contribution in [0.2, 0.25) is 0 Å². The van der Waals surface area contributed by atoms with E-state index in [-0.39, 0.29) is 6.10 Å². The molecule has 1 N–H and O–H groups in total. The van der Waals surface area contributed by atoms with Gasteiger partial charge >= 0.3 is 0 Å². The smallest absolute Gasteiger partial charge is 0.0665 e. The van der Waals surface area contributed by atoms with Gasteiger partial charge in [0, 0.05) is 17.6 Å². The molecule has 0 aromatic carbocycles. The highest BCUT2D eigenvalue weighted by molar-refractivity contribution is 7.99. The lowest BCUT2D eigenvalue weighted by Gasteiger charge is -2.24. The molecule has 0 saturated carbocycles. The van der Waals surface area contributed by atoms with E-state index in [1.807, 2.05) is 18.7 Å². The molecule has 0 aromatic rings. The number of aliphatic hydroxyl groups is 1. The zero-order valence-corrected chi connectivity index (χ0v) is 9.35. The van der Waals surface area contributed by atoms with E-state index in [2.05, 4.69) is 6.92 Å². The fraction of sp³-hybridized carbons (Fsp3) is 1.00. The molecule has 0 aliphatic carbocycles. The van der Waals surface area contributed by atoms with Crippen LogP contribution in [0, 0.1) is 0 Å². The zero-order valence-electron chi connectivity index (χ0n) is 8.53. The number of aliphatic hydroxyl groups excluding tert-OH is 1. The van der Waals surface area contributed by atoms with Crippen LogP contribution in [0.5, 0.6) is 0 Å². The third-order valence-corrected chi connectivity index (χ3v) is 3.98. The lowest BCUT2D eigenvalue weighted by molar-refractivity contribution is 0.0314. The number of hydrogen-bond donors (Lipinski definition) is 1. The minimum Gasteiger partial charge on any atom is -0.392 e. The minimum absolute atomic E-state index is 0.214. The molecule has 0 spiro atoms. The van der Waals surface area contributed by atoms with E-state index < -0.39 is 0 Å². The molecule has 1 aliphatic heterocycles. The van der Waals surface area contributed by atoms with Crippen LogP contribution in [-0.4, -0.2) is 34.9 Å². The van der Waals surface area contributed by atoms with E-state index in [1.165, 1.54) is 19.3 Å². The molecular formula is C10H20O2S. The molecule has 1 aliphatic rings. The summed E-state index contributed by atoms with van der Waals surface area (Å²) in [4.78, 5) is 0. The van der Waals surface area contributed by atoms with Crippen molar-refractivity contribution in [2.45, 2.75) is 50.6 Å². The highest BCUT2D eigenvalue weighted by atomic mass is 32.2. The Morgan fingerprint density at radius 3 is 2.77 bits per heavy atom. The Bertz CT molecular complexity index is 133. The predicted octanol–water partition coefficient (Wildman–Crippen LogP) is 2.06. The maximum atomic E-state index is 9.29. The summed E-state index contributed by atoms with van der Waals surface area (Å²) in [6, 6.07) is 0. The highest BCUT2D eigenvalue weighted by Gasteiger charge is 2.16. The van der Waals surface area contributed by atoms with Crippen molar-refractivity contribution in [2.24, 2.45) is 0 Å². The van der Waals surface area contributed by atoms with E-state index in [0.717, 1.165) is 12.4 Å². The summed E-state index contributed by atoms with van der Waals surface area (Å²) in [5, 5.41) is 9.61. The first-order valence-electron chi connectivity index (χ1n) is 5.11. The molecule has 1 saturated heterocycles. The second-order valence-corrected chi connectivity index (χ2v) is 5.18. The van der Waals surface area contributed by atoms with Gasteiger partial charge in [-0.25, -0.2) is 0 Å². The van der Waals surface area contributed by atoms with E-state index in [9.17, 15) is 5.11 Å². The van der Waals surface area contributed by atoms with Gasteiger partial charge in [-0.3, -0.25) is 0 Å². The fourth-order valence-corrected chi connectivity index (χ4v) is 2.40. The molecule has 1 heterocycles. The van der Waals surface area contributed by atoms with Crippen LogP contribution >= 0.6 is 11.8 Å². The van der Waals surface area contributed by atoms with Crippen LogP contribution in [0.25, 0.3) is 0 Å². The third kappa shape index (κ3) is 4.34. The Hall–Kier alpha value is 0.270. The van der Waals surface area contributed by atoms with E-state index >= 15 is 0 Å². The van der Waals surface area contributed by atoms with Gasteiger partial charge < -0.3 is 9.84 Å². The van der Waals surface area contributed by atoms with E-state index in [0.29, 0.717) is 11.4 Å². The average molecular weight is 204 g/mol. The second-order valence-electron chi connectivity index (χ2n) is 3.77. The summed E-state index contributed by atoms with van der Waals surface area (Å²) in [6.07, 6.45) is 3.93. The van der Waals surface area contributed by atoms with Gasteiger partial charge in [0.15, 0.2) is 0 Å². The van der Waals surface area contributed by atoms with Gasteiger partial charge in [0.05, 0.1) is 12.2 Å². The first-order valence-corrected chi connectivity index (χ1v) is 6.16. The van der Waals surface area contributed by atoms with Crippen LogP contribution in [-0.2, 0) is 4.74 Å². The maximum absolute atomic E-state index is 9.29. The molecule has 0 aromatic heterocycles. The van der Waals surface area contributed by atoms with E-state index in [4.69, 9.17) is 4.74 Å². The normalized spacial score (nSPS) is 28.4. The number of hydrogen-bond acceptors (Lipinski definition) is 3. The van der Waals surface area contributed by atoms with Crippen molar-refractivity contribution in [3.63, 3.8) is 0 Å². The van der Waals surface area contributed by atoms with Crippen molar-refractivity contribution in [1.82, 2.24) is 0 Å². The van der Waals surface area contributed by atoms with Crippen molar-refractivity contribution >= 4 is 11.8 Å². The van der Waals surface area contributed by atoms with Gasteiger partial charge in [0.1, 0.15) is 0 Å². The van der Waals surface area contributed by atoms with Crippen LogP contribution in [0.1, 0.15) is 33.1 Å². The molecule has 3 atom stereocenters. The molecule has 0 radical (unpaired) electrons. The Morgan fingerprint density at radius 1 is 1.46 bits per heavy atom. The molecule has 0 amide bonds. The summed E-state index contributed by atoms with van der Waals surface area (Å²) in [5.74, 6) is 1.03. The molecule has 1 fully saturated rings. The van der Waals surface area contributed by atoms with Crippen molar-refractivity contribution in [1.29, 1.82) is 0 Å². The molecule has 78 valence electrons. The van der Waals surface area contributed by atoms with Gasteiger partial charge in [-0.1, -0.05) is 6.92 Å². The van der Waals surface area contributed by atoms with Crippen molar-refractivity contribution < 1.29 is 9.84 Å². The van der Waals surface area contributed by atoms with Gasteiger partial charge in [0.25, 0.3) is 0 Å². The topological polar surface area (TPSA) is 29.5 Å². The lowest BCUT2D eigenvalue weighted by Crippen LogP contribution is -2.24. The lowest BCUT2D eigenvalue weighted by atomic mass is 10.1. The van der Waals surface area contributed by atoms with Gasteiger partial charge in [-0.05, 0) is 26.2 Å². The second kappa shape index (κ2) is 5.89. The largest absolute Gasteiger partial charge is 0.392 e. The Morgan fingerprint density at radius 2 is 2.23 bits per heavy atom. The first-order chi connectivity index (χ1) is 6.20. The summed E-state index contributed by atoms with van der Waals surface area (Å²) >= 11 is 1.82. The molecule has 0 bridgehead atoms. The van der Waals surface area contributed by atoms with Gasteiger partial charge in [-0.15, -0.1) is 0 Å². The summed E-state index contributed by atoms with van der Waals surface area (Å²) < 4.78 is 5.61. The molecule has 1 rings (SSSR count). The Kier molecular flexibility index (Phi) is 5.14. The highest BCUT2D eigenvalue weighted by Crippen LogP contribution is 2.21. The van der Waals surface area contributed by atoms with E-state index in [1.54, 1.807) is 0 Å². The van der Waals surface area contributed by atoms with Crippen LogP contribution in [0.15, 0.2) is 0 Å². The van der Waals surface area contributed by atoms with Crippen molar-refractivity contribution in [2.75, 3.05) is 12.4 Å². The molecule has 13 heavy (non-hydrogen) atoms. The van der Waals surface area contributed by atoms with Crippen LogP contribution < -0.4 is 0 Å². The fourth-order valence-electron chi connectivity index (χ4n) is 1.34.